The lowest BCUT2D eigenvalue weighted by Crippen LogP contribution is -2.37. The molecular formula is C19H21N3O. The van der Waals surface area contributed by atoms with Crippen molar-refractivity contribution in [3.63, 3.8) is 0 Å². The van der Waals surface area contributed by atoms with Crippen LogP contribution in [0, 0.1) is 0 Å². The highest BCUT2D eigenvalue weighted by molar-refractivity contribution is 6.08. The van der Waals surface area contributed by atoms with E-state index >= 15 is 0 Å². The van der Waals surface area contributed by atoms with Crippen LogP contribution < -0.4 is 4.90 Å². The van der Waals surface area contributed by atoms with Crippen LogP contribution in [0.3, 0.4) is 0 Å². The molecule has 4 heteroatoms. The van der Waals surface area contributed by atoms with Crippen LogP contribution in [0.5, 0.6) is 0 Å². The molecule has 2 aromatic rings. The minimum absolute atomic E-state index is 0.248. The predicted molar refractivity (Wildman–Crippen MR) is 92.4 cm³/mol. The monoisotopic (exact) mass is 307 g/mol. The van der Waals surface area contributed by atoms with E-state index < -0.39 is 5.85 Å². The maximum atomic E-state index is 5.93. The van der Waals surface area contributed by atoms with E-state index in [1.165, 1.54) is 5.69 Å². The topological polar surface area (TPSA) is 31.1 Å². The van der Waals surface area contributed by atoms with E-state index in [4.69, 9.17) is 9.83 Å². The Morgan fingerprint density at radius 3 is 2.22 bits per heavy atom. The van der Waals surface area contributed by atoms with Crippen molar-refractivity contribution in [2.45, 2.75) is 25.2 Å². The number of rotatable bonds is 3. The molecule has 1 saturated heterocycles. The quantitative estimate of drug-likeness (QED) is 0.815. The van der Waals surface area contributed by atoms with Crippen LogP contribution in [0.4, 0.5) is 5.69 Å². The number of nitrogens with zero attached hydrogens (tertiary/aromatic N) is 3. The largest absolute Gasteiger partial charge is 0.378 e. The van der Waals surface area contributed by atoms with Gasteiger partial charge in [-0.1, -0.05) is 42.5 Å². The van der Waals surface area contributed by atoms with Gasteiger partial charge in [-0.05, 0) is 31.5 Å². The summed E-state index contributed by atoms with van der Waals surface area (Å²) in [5.74, 6) is -0.653. The Morgan fingerprint density at radius 1 is 0.957 bits per heavy atom. The molecule has 2 atom stereocenters. The van der Waals surface area contributed by atoms with Gasteiger partial charge in [0.1, 0.15) is 0 Å². The first-order valence-corrected chi connectivity index (χ1v) is 7.88. The van der Waals surface area contributed by atoms with Gasteiger partial charge in [-0.15, -0.1) is 5.06 Å². The first-order valence-electron chi connectivity index (χ1n) is 7.88. The van der Waals surface area contributed by atoms with Crippen molar-refractivity contribution in [1.29, 1.82) is 0 Å². The molecule has 2 aliphatic heterocycles. The van der Waals surface area contributed by atoms with Crippen molar-refractivity contribution in [1.82, 2.24) is 5.06 Å². The SMILES string of the molecule is CN(C)c1ccc(C23N=C(c4ccccc4)C(C)(C)N2O3)cc1. The Kier molecular flexibility index (Phi) is 2.92. The van der Waals surface area contributed by atoms with Gasteiger partial charge in [0.05, 0.1) is 11.3 Å². The maximum Gasteiger partial charge on any atom is 0.286 e. The molecule has 2 unspecified atom stereocenters. The standard InChI is InChI=1S/C19H21N3O/c1-18(2)17(14-8-6-5-7-9-14)20-19(22(18)23-19)15-10-12-16(13-11-15)21(3)4/h5-13H,1-4H3. The van der Waals surface area contributed by atoms with Crippen molar-refractivity contribution in [2.24, 2.45) is 4.99 Å². The third-order valence-electron chi connectivity index (χ3n) is 4.62. The lowest BCUT2D eigenvalue weighted by molar-refractivity contribution is 0.128. The van der Waals surface area contributed by atoms with Crippen LogP contribution in [0.2, 0.25) is 0 Å². The molecule has 0 aliphatic carbocycles. The second-order valence-electron chi connectivity index (χ2n) is 6.82. The number of aliphatic imine (C=N–C) groups is 1. The van der Waals surface area contributed by atoms with Crippen LogP contribution in [0.1, 0.15) is 25.0 Å². The van der Waals surface area contributed by atoms with Gasteiger partial charge in [-0.25, -0.2) is 9.83 Å². The van der Waals surface area contributed by atoms with Gasteiger partial charge in [0.2, 0.25) is 0 Å². The molecule has 0 N–H and O–H groups in total. The van der Waals surface area contributed by atoms with E-state index in [0.29, 0.717) is 0 Å². The fraction of sp³-hybridized carbons (Fsp3) is 0.316. The minimum atomic E-state index is -0.653. The summed E-state index contributed by atoms with van der Waals surface area (Å²) in [6.07, 6.45) is 0. The Balaban J connectivity index is 1.75. The van der Waals surface area contributed by atoms with Crippen molar-refractivity contribution in [2.75, 3.05) is 19.0 Å². The number of benzene rings is 2. The van der Waals surface area contributed by atoms with E-state index in [9.17, 15) is 0 Å². The number of hydroxylamine groups is 2. The van der Waals surface area contributed by atoms with Crippen LogP contribution in [0.25, 0.3) is 0 Å². The van der Waals surface area contributed by atoms with Gasteiger partial charge in [0.15, 0.2) is 0 Å². The molecule has 0 amide bonds. The highest BCUT2D eigenvalue weighted by Gasteiger charge is 2.69. The lowest BCUT2D eigenvalue weighted by atomic mass is 9.93. The summed E-state index contributed by atoms with van der Waals surface area (Å²) >= 11 is 0. The number of anilines is 1. The molecule has 0 saturated carbocycles. The van der Waals surface area contributed by atoms with Gasteiger partial charge < -0.3 is 4.90 Å². The predicted octanol–water partition coefficient (Wildman–Crippen LogP) is 3.39. The normalized spacial score (nSPS) is 27.3. The first-order chi connectivity index (χ1) is 10.9. The summed E-state index contributed by atoms with van der Waals surface area (Å²) in [5.41, 5.74) is 4.21. The fourth-order valence-electron chi connectivity index (χ4n) is 3.28. The van der Waals surface area contributed by atoms with E-state index in [1.54, 1.807) is 0 Å². The van der Waals surface area contributed by atoms with Crippen LogP contribution in [0.15, 0.2) is 59.6 Å². The zero-order valence-electron chi connectivity index (χ0n) is 13.9. The minimum Gasteiger partial charge on any atom is -0.378 e. The highest BCUT2D eigenvalue weighted by atomic mass is 16.9. The first kappa shape index (κ1) is 14.4. The molecule has 2 aromatic carbocycles. The second-order valence-corrected chi connectivity index (χ2v) is 6.82. The van der Waals surface area contributed by atoms with Gasteiger partial charge in [0.25, 0.3) is 5.85 Å². The summed E-state index contributed by atoms with van der Waals surface area (Å²) in [6, 6.07) is 18.7. The van der Waals surface area contributed by atoms with Gasteiger partial charge >= 0.3 is 0 Å². The van der Waals surface area contributed by atoms with E-state index in [0.717, 1.165) is 16.8 Å². The van der Waals surface area contributed by atoms with Gasteiger partial charge in [0, 0.05) is 25.3 Å². The van der Waals surface area contributed by atoms with Crippen molar-refractivity contribution in [3.05, 3.63) is 65.7 Å². The highest BCUT2D eigenvalue weighted by Crippen LogP contribution is 2.56. The summed E-state index contributed by atoms with van der Waals surface area (Å²) in [5, 5.41) is 1.99. The van der Waals surface area contributed by atoms with Crippen LogP contribution in [-0.4, -0.2) is 30.4 Å². The molecule has 0 bridgehead atoms. The third-order valence-corrected chi connectivity index (χ3v) is 4.62. The van der Waals surface area contributed by atoms with Crippen molar-refractivity contribution in [3.8, 4) is 0 Å². The molecule has 118 valence electrons. The number of hydrogen-bond acceptors (Lipinski definition) is 4. The van der Waals surface area contributed by atoms with Crippen LogP contribution >= 0.6 is 0 Å². The summed E-state index contributed by atoms with van der Waals surface area (Å²) in [7, 11) is 4.08. The molecule has 4 rings (SSSR count). The van der Waals surface area contributed by atoms with Crippen LogP contribution in [-0.2, 0) is 10.7 Å². The molecule has 23 heavy (non-hydrogen) atoms. The zero-order valence-corrected chi connectivity index (χ0v) is 13.9. The maximum absolute atomic E-state index is 5.93. The van der Waals surface area contributed by atoms with E-state index in [2.05, 4.69) is 55.1 Å². The fourth-order valence-corrected chi connectivity index (χ4v) is 3.28. The van der Waals surface area contributed by atoms with E-state index in [-0.39, 0.29) is 5.54 Å². The summed E-state index contributed by atoms with van der Waals surface area (Å²) < 4.78 is 0. The zero-order chi connectivity index (χ0) is 16.2. The van der Waals surface area contributed by atoms with Gasteiger partial charge in [-0.2, -0.15) is 0 Å². The Morgan fingerprint density at radius 2 is 1.61 bits per heavy atom. The second kappa shape index (κ2) is 4.66. The van der Waals surface area contributed by atoms with E-state index in [1.807, 2.05) is 37.4 Å². The van der Waals surface area contributed by atoms with Gasteiger partial charge in [-0.3, -0.25) is 0 Å². The molecule has 1 fully saturated rings. The Hall–Kier alpha value is -2.17. The lowest BCUT2D eigenvalue weighted by Gasteiger charge is -2.21. The molecule has 0 radical (unpaired) electrons. The number of fused-ring (bicyclic) bond motifs is 1. The molecular weight excluding hydrogens is 286 g/mol. The van der Waals surface area contributed by atoms with Crippen molar-refractivity contribution < 1.29 is 4.84 Å². The summed E-state index contributed by atoms with van der Waals surface area (Å²) in [6.45, 7) is 4.31. The average molecular weight is 307 g/mol. The molecule has 2 heterocycles. The smallest absolute Gasteiger partial charge is 0.286 e. The molecule has 2 aliphatic rings. The third kappa shape index (κ3) is 2.02. The Bertz CT molecular complexity index is 765. The average Bonchev–Trinajstić information content (AvgIpc) is 3.25. The van der Waals surface area contributed by atoms with Crippen molar-refractivity contribution >= 4 is 11.4 Å². The molecule has 0 spiro atoms. The number of hydrogen-bond donors (Lipinski definition) is 0. The molecule has 0 aromatic heterocycles. The summed E-state index contributed by atoms with van der Waals surface area (Å²) in [4.78, 5) is 13.0. The molecule has 4 nitrogen and oxygen atoms in total. The Labute approximate surface area is 137 Å².